The van der Waals surface area contributed by atoms with Crippen LogP contribution in [0, 0.1) is 6.92 Å². The molecular formula is C8H8N2O2S. The fraction of sp³-hybridized carbons (Fsp3) is 0.125. The summed E-state index contributed by atoms with van der Waals surface area (Å²) in [6, 6.07) is 3.48. The number of rotatable bonds is 1. The molecule has 0 bridgehead atoms. The van der Waals surface area contributed by atoms with Crippen molar-refractivity contribution in [2.45, 2.75) is 11.8 Å². The third-order valence-corrected chi connectivity index (χ3v) is 2.74. The zero-order chi connectivity index (χ0) is 9.42. The minimum absolute atomic E-state index is 0.439. The summed E-state index contributed by atoms with van der Waals surface area (Å²) in [5.41, 5.74) is 1.67. The predicted octanol–water partition coefficient (Wildman–Crippen LogP) is 1.45. The van der Waals surface area contributed by atoms with Gasteiger partial charge in [-0.25, -0.2) is 4.21 Å². The molecule has 1 heterocycles. The fourth-order valence-corrected chi connectivity index (χ4v) is 1.83. The molecule has 0 radical (unpaired) electrons. The normalized spacial score (nSPS) is 13.4. The Labute approximate surface area is 77.3 Å². The van der Waals surface area contributed by atoms with Gasteiger partial charge in [-0.1, -0.05) is 0 Å². The molecule has 0 aliphatic carbocycles. The molecule has 0 aliphatic heterocycles. The second-order valence-electron chi connectivity index (χ2n) is 2.82. The Morgan fingerprint density at radius 3 is 3.00 bits per heavy atom. The van der Waals surface area contributed by atoms with Crippen LogP contribution < -0.4 is 0 Å². The van der Waals surface area contributed by atoms with Crippen molar-refractivity contribution in [3.63, 3.8) is 0 Å². The predicted molar refractivity (Wildman–Crippen MR) is 49.9 cm³/mol. The van der Waals surface area contributed by atoms with Crippen LogP contribution in [-0.4, -0.2) is 19.0 Å². The lowest BCUT2D eigenvalue weighted by atomic mass is 10.2. The molecule has 0 saturated carbocycles. The monoisotopic (exact) mass is 196 g/mol. The number of hydrogen-bond acceptors (Lipinski definition) is 2. The summed E-state index contributed by atoms with van der Waals surface area (Å²) in [6.07, 6.45) is 1.63. The zero-order valence-electron chi connectivity index (χ0n) is 6.94. The summed E-state index contributed by atoms with van der Waals surface area (Å²) in [5.74, 6) is 0. The van der Waals surface area contributed by atoms with Crippen molar-refractivity contribution in [1.82, 2.24) is 10.2 Å². The van der Waals surface area contributed by atoms with Crippen molar-refractivity contribution < 1.29 is 8.76 Å². The Kier molecular flexibility index (Phi) is 1.90. The Hall–Kier alpha value is -1.20. The van der Waals surface area contributed by atoms with Gasteiger partial charge in [-0.15, -0.1) is 0 Å². The number of H-pyrrole nitrogens is 1. The second-order valence-corrected chi connectivity index (χ2v) is 3.76. The summed E-state index contributed by atoms with van der Waals surface area (Å²) in [5, 5.41) is 7.48. The highest BCUT2D eigenvalue weighted by Gasteiger charge is 2.06. The van der Waals surface area contributed by atoms with Gasteiger partial charge in [0, 0.05) is 5.39 Å². The Morgan fingerprint density at radius 2 is 2.31 bits per heavy atom. The number of aromatic nitrogens is 2. The largest absolute Gasteiger partial charge is 0.302 e. The molecule has 1 aromatic heterocycles. The lowest BCUT2D eigenvalue weighted by Gasteiger charge is -1.99. The quantitative estimate of drug-likeness (QED) is 0.678. The number of aromatic amines is 1. The molecule has 1 atom stereocenters. The highest BCUT2D eigenvalue weighted by molar-refractivity contribution is 7.79. The molecule has 5 heteroatoms. The van der Waals surface area contributed by atoms with Crippen molar-refractivity contribution in [2.24, 2.45) is 0 Å². The molecule has 1 aromatic carbocycles. The number of benzene rings is 1. The average Bonchev–Trinajstić information content (AvgIpc) is 2.48. The maximum Gasteiger partial charge on any atom is 0.186 e. The van der Waals surface area contributed by atoms with E-state index in [9.17, 15) is 4.21 Å². The number of hydrogen-bond donors (Lipinski definition) is 2. The zero-order valence-corrected chi connectivity index (χ0v) is 7.76. The topological polar surface area (TPSA) is 66.0 Å². The van der Waals surface area contributed by atoms with Crippen molar-refractivity contribution in [1.29, 1.82) is 0 Å². The van der Waals surface area contributed by atoms with Crippen molar-refractivity contribution in [3.05, 3.63) is 23.9 Å². The van der Waals surface area contributed by atoms with Gasteiger partial charge in [0.2, 0.25) is 0 Å². The van der Waals surface area contributed by atoms with Gasteiger partial charge in [0.05, 0.1) is 16.6 Å². The van der Waals surface area contributed by atoms with Crippen LogP contribution in [0.4, 0.5) is 0 Å². The first-order chi connectivity index (χ1) is 6.18. The van der Waals surface area contributed by atoms with Crippen molar-refractivity contribution >= 4 is 22.0 Å². The van der Waals surface area contributed by atoms with Gasteiger partial charge >= 0.3 is 0 Å². The average molecular weight is 196 g/mol. The van der Waals surface area contributed by atoms with E-state index in [0.29, 0.717) is 4.90 Å². The molecule has 4 nitrogen and oxygen atoms in total. The highest BCUT2D eigenvalue weighted by Crippen LogP contribution is 2.19. The van der Waals surface area contributed by atoms with Gasteiger partial charge in [0.25, 0.3) is 0 Å². The van der Waals surface area contributed by atoms with Crippen LogP contribution in [0.3, 0.4) is 0 Å². The van der Waals surface area contributed by atoms with E-state index in [1.807, 2.05) is 6.07 Å². The van der Waals surface area contributed by atoms with Crippen molar-refractivity contribution in [3.8, 4) is 0 Å². The van der Waals surface area contributed by atoms with E-state index in [0.717, 1.165) is 16.5 Å². The van der Waals surface area contributed by atoms with E-state index in [1.165, 1.54) is 0 Å². The minimum atomic E-state index is -1.92. The van der Waals surface area contributed by atoms with Crippen LogP contribution in [-0.2, 0) is 11.1 Å². The fourth-order valence-electron chi connectivity index (χ4n) is 1.27. The maximum atomic E-state index is 10.9. The molecule has 0 saturated heterocycles. The van der Waals surface area contributed by atoms with E-state index in [-0.39, 0.29) is 0 Å². The van der Waals surface area contributed by atoms with Crippen molar-refractivity contribution in [2.75, 3.05) is 0 Å². The summed E-state index contributed by atoms with van der Waals surface area (Å²) in [7, 11) is 0. The van der Waals surface area contributed by atoms with E-state index in [1.54, 1.807) is 19.2 Å². The van der Waals surface area contributed by atoms with Crippen LogP contribution in [0.2, 0.25) is 0 Å². The van der Waals surface area contributed by atoms with Crippen LogP contribution in [0.15, 0.2) is 23.2 Å². The molecule has 0 amide bonds. The molecule has 1 unspecified atom stereocenters. The Bertz CT molecular complexity index is 478. The third-order valence-electron chi connectivity index (χ3n) is 1.92. The first-order valence-electron chi connectivity index (χ1n) is 3.73. The lowest BCUT2D eigenvalue weighted by Crippen LogP contribution is -1.91. The van der Waals surface area contributed by atoms with Crippen LogP contribution in [0.1, 0.15) is 5.56 Å². The summed E-state index contributed by atoms with van der Waals surface area (Å²) in [4.78, 5) is 0.439. The first kappa shape index (κ1) is 8.40. The summed E-state index contributed by atoms with van der Waals surface area (Å²) >= 11 is -1.92. The summed E-state index contributed by atoms with van der Waals surface area (Å²) < 4.78 is 19.8. The molecule has 2 N–H and O–H groups in total. The SMILES string of the molecule is Cc1cc2[nH]ncc2cc1S(=O)O. The third kappa shape index (κ3) is 1.36. The van der Waals surface area contributed by atoms with Gasteiger partial charge in [-0.2, -0.15) is 5.10 Å². The van der Waals surface area contributed by atoms with E-state index in [2.05, 4.69) is 10.2 Å². The minimum Gasteiger partial charge on any atom is -0.302 e. The molecule has 13 heavy (non-hydrogen) atoms. The first-order valence-corrected chi connectivity index (χ1v) is 4.84. The highest BCUT2D eigenvalue weighted by atomic mass is 32.2. The van der Waals surface area contributed by atoms with Gasteiger partial charge in [-0.3, -0.25) is 5.10 Å². The van der Waals surface area contributed by atoms with Gasteiger partial charge in [0.1, 0.15) is 0 Å². The molecule has 0 aliphatic rings. The molecular weight excluding hydrogens is 188 g/mol. The molecule has 0 spiro atoms. The molecule has 2 rings (SSSR count). The van der Waals surface area contributed by atoms with E-state index in [4.69, 9.17) is 4.55 Å². The molecule has 2 aromatic rings. The Morgan fingerprint density at radius 1 is 1.54 bits per heavy atom. The number of fused-ring (bicyclic) bond motifs is 1. The molecule has 0 fully saturated rings. The van der Waals surface area contributed by atoms with E-state index >= 15 is 0 Å². The smallest absolute Gasteiger partial charge is 0.186 e. The number of nitrogens with one attached hydrogen (secondary N) is 1. The van der Waals surface area contributed by atoms with Gasteiger partial charge < -0.3 is 4.55 Å². The standard InChI is InChI=1S/C8H8N2O2S/c1-5-2-7-6(4-9-10-7)3-8(5)13(11)12/h2-4H,1H3,(H,9,10)(H,11,12). The maximum absolute atomic E-state index is 10.9. The van der Waals surface area contributed by atoms with Crippen LogP contribution in [0.25, 0.3) is 10.9 Å². The number of aryl methyl sites for hydroxylation is 1. The van der Waals surface area contributed by atoms with Gasteiger partial charge in [0.15, 0.2) is 11.1 Å². The summed E-state index contributed by atoms with van der Waals surface area (Å²) in [6.45, 7) is 1.80. The lowest BCUT2D eigenvalue weighted by molar-refractivity contribution is 0.564. The second kappa shape index (κ2) is 2.93. The van der Waals surface area contributed by atoms with Crippen LogP contribution in [0.5, 0.6) is 0 Å². The Balaban J connectivity index is 2.76. The van der Waals surface area contributed by atoms with Crippen LogP contribution >= 0.6 is 0 Å². The van der Waals surface area contributed by atoms with E-state index < -0.39 is 11.1 Å². The van der Waals surface area contributed by atoms with Gasteiger partial charge in [-0.05, 0) is 24.6 Å². The molecule has 68 valence electrons. The number of nitrogens with zero attached hydrogens (tertiary/aromatic N) is 1.